The first-order valence-corrected chi connectivity index (χ1v) is 1.95. The van der Waals surface area contributed by atoms with Gasteiger partial charge in [0.1, 0.15) is 0 Å². The molecule has 0 bridgehead atoms. The average molecular weight is 136 g/mol. The Balaban J connectivity index is 0.000000490. The van der Waals surface area contributed by atoms with Crippen LogP contribution < -0.4 is 5.32 Å². The zero-order valence-corrected chi connectivity index (χ0v) is 4.90. The van der Waals surface area contributed by atoms with Crippen LogP contribution in [0, 0.1) is 0 Å². The fraction of sp³-hybridized carbons (Fsp3) is 0.250. The van der Waals surface area contributed by atoms with Crippen molar-refractivity contribution in [3.63, 3.8) is 0 Å². The molecular formula is C4H6ClNO2. The summed E-state index contributed by atoms with van der Waals surface area (Å²) in [7, 11) is 0. The summed E-state index contributed by atoms with van der Waals surface area (Å²) in [5.74, 6) is -0.0949. The first kappa shape index (κ1) is 7.30. The summed E-state index contributed by atoms with van der Waals surface area (Å²) >= 11 is 0. The zero-order valence-electron chi connectivity index (χ0n) is 4.09. The van der Waals surface area contributed by atoms with Gasteiger partial charge in [-0.1, -0.05) is 0 Å². The van der Waals surface area contributed by atoms with Crippen molar-refractivity contribution in [3.8, 4) is 0 Å². The van der Waals surface area contributed by atoms with Crippen LogP contribution in [0.3, 0.4) is 0 Å². The molecule has 0 aromatic heterocycles. The van der Waals surface area contributed by atoms with Gasteiger partial charge in [0.05, 0.1) is 6.26 Å². The lowest BCUT2D eigenvalue weighted by atomic mass is 10.6. The Morgan fingerprint density at radius 1 is 1.75 bits per heavy atom. The molecule has 1 aliphatic rings. The fourth-order valence-corrected chi connectivity index (χ4v) is 0.341. The van der Waals surface area contributed by atoms with E-state index < -0.39 is 0 Å². The molecule has 0 fully saturated rings. The van der Waals surface area contributed by atoms with Gasteiger partial charge in [-0.05, 0) is 0 Å². The lowest BCUT2D eigenvalue weighted by Gasteiger charge is -2.03. The van der Waals surface area contributed by atoms with Crippen molar-refractivity contribution >= 4 is 18.3 Å². The first-order chi connectivity index (χ1) is 3.39. The summed E-state index contributed by atoms with van der Waals surface area (Å²) in [6, 6.07) is 0. The van der Waals surface area contributed by atoms with Crippen LogP contribution in [0.4, 0.5) is 0 Å². The molecule has 0 saturated carbocycles. The van der Waals surface area contributed by atoms with E-state index in [0.717, 1.165) is 0 Å². The van der Waals surface area contributed by atoms with Crippen LogP contribution in [0.1, 0.15) is 0 Å². The zero-order chi connectivity index (χ0) is 5.11. The van der Waals surface area contributed by atoms with Gasteiger partial charge in [0.25, 0.3) is 5.91 Å². The first-order valence-electron chi connectivity index (χ1n) is 1.95. The molecule has 1 N–H and O–H groups in total. The molecule has 1 amide bonds. The van der Waals surface area contributed by atoms with Crippen LogP contribution in [-0.4, -0.2) is 12.5 Å². The average Bonchev–Trinajstić information content (AvgIpc) is 1.69. The number of ether oxygens (including phenoxy) is 1. The van der Waals surface area contributed by atoms with Gasteiger partial charge in [-0.2, -0.15) is 0 Å². The van der Waals surface area contributed by atoms with Crippen LogP contribution in [0.5, 0.6) is 0 Å². The maximum absolute atomic E-state index is 10.2. The molecule has 0 atom stereocenters. The summed E-state index contributed by atoms with van der Waals surface area (Å²) in [6.45, 7) is 0.149. The minimum atomic E-state index is -0.0949. The van der Waals surface area contributed by atoms with E-state index in [2.05, 4.69) is 10.1 Å². The number of amides is 1. The van der Waals surface area contributed by atoms with Crippen LogP contribution in [0.25, 0.3) is 0 Å². The Kier molecular flexibility index (Phi) is 3.03. The topological polar surface area (TPSA) is 38.3 Å². The molecule has 3 nitrogen and oxygen atoms in total. The van der Waals surface area contributed by atoms with E-state index in [1.165, 1.54) is 12.5 Å². The monoisotopic (exact) mass is 135 g/mol. The van der Waals surface area contributed by atoms with Gasteiger partial charge in [-0.15, -0.1) is 12.4 Å². The summed E-state index contributed by atoms with van der Waals surface area (Å²) in [5, 5.41) is 2.44. The third-order valence-electron chi connectivity index (χ3n) is 0.623. The molecule has 4 heteroatoms. The number of hydrogen-bond acceptors (Lipinski definition) is 2. The Morgan fingerprint density at radius 3 is 2.75 bits per heavy atom. The van der Waals surface area contributed by atoms with E-state index in [-0.39, 0.29) is 24.9 Å². The van der Waals surface area contributed by atoms with Crippen LogP contribution in [-0.2, 0) is 9.53 Å². The van der Waals surface area contributed by atoms with Crippen molar-refractivity contribution in [1.82, 2.24) is 5.32 Å². The van der Waals surface area contributed by atoms with Crippen LogP contribution in [0.15, 0.2) is 12.5 Å². The van der Waals surface area contributed by atoms with E-state index in [1.54, 1.807) is 0 Å². The highest BCUT2D eigenvalue weighted by Crippen LogP contribution is 1.81. The lowest BCUT2D eigenvalue weighted by Crippen LogP contribution is -2.24. The van der Waals surface area contributed by atoms with E-state index in [1.807, 2.05) is 0 Å². The molecule has 0 saturated heterocycles. The van der Waals surface area contributed by atoms with E-state index >= 15 is 0 Å². The van der Waals surface area contributed by atoms with E-state index in [4.69, 9.17) is 0 Å². The molecule has 0 aromatic carbocycles. The molecule has 46 valence electrons. The third-order valence-corrected chi connectivity index (χ3v) is 0.623. The van der Waals surface area contributed by atoms with Gasteiger partial charge in [-0.25, -0.2) is 0 Å². The Bertz CT molecular complexity index is 113. The van der Waals surface area contributed by atoms with Crippen LogP contribution in [0.2, 0.25) is 0 Å². The van der Waals surface area contributed by atoms with Crippen molar-refractivity contribution in [1.29, 1.82) is 0 Å². The van der Waals surface area contributed by atoms with Crippen molar-refractivity contribution < 1.29 is 9.53 Å². The van der Waals surface area contributed by atoms with Gasteiger partial charge in [0, 0.05) is 6.20 Å². The highest BCUT2D eigenvalue weighted by Gasteiger charge is 1.99. The summed E-state index contributed by atoms with van der Waals surface area (Å²) in [4.78, 5) is 10.2. The van der Waals surface area contributed by atoms with E-state index in [0.29, 0.717) is 0 Å². The molecule has 0 aliphatic carbocycles. The van der Waals surface area contributed by atoms with Crippen molar-refractivity contribution in [2.24, 2.45) is 0 Å². The second kappa shape index (κ2) is 3.32. The van der Waals surface area contributed by atoms with Gasteiger partial charge < -0.3 is 10.1 Å². The summed E-state index contributed by atoms with van der Waals surface area (Å²) in [6.07, 6.45) is 2.91. The van der Waals surface area contributed by atoms with E-state index in [9.17, 15) is 4.79 Å². The number of nitrogens with one attached hydrogen (secondary N) is 1. The predicted octanol–water partition coefficient (Wildman–Crippen LogP) is 0.0258. The number of rotatable bonds is 0. The quantitative estimate of drug-likeness (QED) is 0.509. The maximum Gasteiger partial charge on any atom is 0.261 e. The van der Waals surface area contributed by atoms with Crippen molar-refractivity contribution in [2.75, 3.05) is 6.61 Å². The second-order valence-electron chi connectivity index (χ2n) is 1.18. The minimum absolute atomic E-state index is 0. The largest absolute Gasteiger partial charge is 0.490 e. The number of carbonyl (C=O) groups excluding carboxylic acids is 1. The van der Waals surface area contributed by atoms with Gasteiger partial charge in [0.2, 0.25) is 0 Å². The Hall–Kier alpha value is -0.700. The van der Waals surface area contributed by atoms with Gasteiger partial charge >= 0.3 is 0 Å². The Morgan fingerprint density at radius 2 is 2.50 bits per heavy atom. The molecule has 8 heavy (non-hydrogen) atoms. The third kappa shape index (κ3) is 1.84. The Labute approximate surface area is 53.1 Å². The van der Waals surface area contributed by atoms with Crippen LogP contribution >= 0.6 is 12.4 Å². The highest BCUT2D eigenvalue weighted by atomic mass is 35.5. The second-order valence-corrected chi connectivity index (χ2v) is 1.18. The predicted molar refractivity (Wildman–Crippen MR) is 30.5 cm³/mol. The fourth-order valence-electron chi connectivity index (χ4n) is 0.341. The molecule has 0 unspecified atom stereocenters. The maximum atomic E-state index is 10.2. The molecule has 0 radical (unpaired) electrons. The molecule has 1 heterocycles. The number of carbonyl (C=O) groups is 1. The minimum Gasteiger partial charge on any atom is -0.490 e. The summed E-state index contributed by atoms with van der Waals surface area (Å²) in [5.41, 5.74) is 0. The van der Waals surface area contributed by atoms with Crippen molar-refractivity contribution in [2.45, 2.75) is 0 Å². The summed E-state index contributed by atoms with van der Waals surface area (Å²) < 4.78 is 4.59. The standard InChI is InChI=1S/C4H5NO2.ClH/c6-4-3-7-2-1-5-4;/h1-2H,3H2,(H,5,6);1H. The molecular weight excluding hydrogens is 130 g/mol. The number of halogens is 1. The van der Waals surface area contributed by atoms with Crippen molar-refractivity contribution in [3.05, 3.63) is 12.5 Å². The molecule has 1 aliphatic heterocycles. The smallest absolute Gasteiger partial charge is 0.261 e. The molecule has 0 spiro atoms. The number of hydrogen-bond donors (Lipinski definition) is 1. The lowest BCUT2D eigenvalue weighted by molar-refractivity contribution is -0.124. The van der Waals surface area contributed by atoms with Gasteiger partial charge in [0.15, 0.2) is 6.61 Å². The highest BCUT2D eigenvalue weighted by molar-refractivity contribution is 5.85. The van der Waals surface area contributed by atoms with Gasteiger partial charge in [-0.3, -0.25) is 4.79 Å². The molecule has 0 aromatic rings. The normalized spacial score (nSPS) is 15.8. The SMILES string of the molecule is Cl.O=C1COC=CN1. The molecule has 1 rings (SSSR count).